The number of carbonyl (C=O) groups excluding carboxylic acids is 1. The molecule has 0 N–H and O–H groups in total. The van der Waals surface area contributed by atoms with Gasteiger partial charge in [-0.1, -0.05) is 60.1 Å². The van der Waals surface area contributed by atoms with Crippen LogP contribution in [0.1, 0.15) is 30.9 Å². The first-order valence-corrected chi connectivity index (χ1v) is 11.0. The van der Waals surface area contributed by atoms with Gasteiger partial charge in [0.05, 0.1) is 25.7 Å². The Kier molecular flexibility index (Phi) is 8.94. The molecule has 1 aliphatic rings. The smallest absolute Gasteiger partial charge is 0.310 e. The fraction of sp³-hybridized carbons (Fsp3) is 0.400. The molecule has 1 fully saturated rings. The second-order valence-electron chi connectivity index (χ2n) is 7.46. The largest absolute Gasteiger partial charge is 0.466 e. The van der Waals surface area contributed by atoms with Gasteiger partial charge in [0.15, 0.2) is 0 Å². The van der Waals surface area contributed by atoms with Crippen LogP contribution in [-0.4, -0.2) is 50.3 Å². The summed E-state index contributed by atoms with van der Waals surface area (Å²) in [7, 11) is 0. The number of hydrogen-bond acceptors (Lipinski definition) is 4. The van der Waals surface area contributed by atoms with Crippen LogP contribution < -0.4 is 0 Å². The van der Waals surface area contributed by atoms with Crippen molar-refractivity contribution in [1.82, 2.24) is 4.90 Å². The number of piperidine rings is 1. The molecule has 1 atom stereocenters. The molecule has 1 saturated heterocycles. The number of rotatable bonds is 9. The van der Waals surface area contributed by atoms with Crippen LogP contribution in [0.5, 0.6) is 0 Å². The molecule has 0 spiro atoms. The molecule has 1 unspecified atom stereocenters. The fourth-order valence-corrected chi connectivity index (χ4v) is 4.00. The zero-order valence-electron chi connectivity index (χ0n) is 17.6. The first-order chi connectivity index (χ1) is 14.7. The van der Waals surface area contributed by atoms with E-state index in [0.717, 1.165) is 54.2 Å². The van der Waals surface area contributed by atoms with Crippen molar-refractivity contribution in [2.45, 2.75) is 19.8 Å². The van der Waals surface area contributed by atoms with Gasteiger partial charge in [0.1, 0.15) is 0 Å². The number of hydrogen-bond donors (Lipinski definition) is 0. The van der Waals surface area contributed by atoms with Crippen LogP contribution in [0.25, 0.3) is 5.57 Å². The Balaban J connectivity index is 1.54. The Morgan fingerprint density at radius 3 is 2.73 bits per heavy atom. The van der Waals surface area contributed by atoms with E-state index in [-0.39, 0.29) is 11.9 Å². The van der Waals surface area contributed by atoms with E-state index in [4.69, 9.17) is 21.1 Å². The van der Waals surface area contributed by atoms with Crippen LogP contribution in [0.2, 0.25) is 5.02 Å². The van der Waals surface area contributed by atoms with Crippen molar-refractivity contribution in [2.24, 2.45) is 5.92 Å². The second kappa shape index (κ2) is 11.9. The average molecular weight is 428 g/mol. The second-order valence-corrected chi connectivity index (χ2v) is 7.90. The number of esters is 1. The lowest BCUT2D eigenvalue weighted by atomic mass is 9.98. The molecule has 1 aliphatic heterocycles. The van der Waals surface area contributed by atoms with Crippen molar-refractivity contribution in [3.05, 3.63) is 76.8 Å². The lowest BCUT2D eigenvalue weighted by Crippen LogP contribution is -2.40. The molecule has 160 valence electrons. The summed E-state index contributed by atoms with van der Waals surface area (Å²) in [5.74, 6) is -0.0776. The Morgan fingerprint density at radius 2 is 1.97 bits per heavy atom. The predicted octanol–water partition coefficient (Wildman–Crippen LogP) is 5.06. The molecule has 1 heterocycles. The van der Waals surface area contributed by atoms with Crippen molar-refractivity contribution >= 4 is 23.1 Å². The van der Waals surface area contributed by atoms with Gasteiger partial charge in [-0.3, -0.25) is 4.79 Å². The van der Waals surface area contributed by atoms with E-state index in [1.165, 1.54) is 0 Å². The SMILES string of the molecule is CCOC(=O)C1CCCN(CCOCC=C(c2ccccc2)c2cccc(Cl)c2)C1. The van der Waals surface area contributed by atoms with Crippen LogP contribution in [0, 0.1) is 5.92 Å². The molecule has 0 bridgehead atoms. The lowest BCUT2D eigenvalue weighted by molar-refractivity contribution is -0.150. The Hall–Kier alpha value is -2.14. The van der Waals surface area contributed by atoms with Gasteiger partial charge < -0.3 is 14.4 Å². The number of nitrogens with zero attached hydrogens (tertiary/aromatic N) is 1. The minimum Gasteiger partial charge on any atom is -0.466 e. The number of halogens is 1. The molecule has 30 heavy (non-hydrogen) atoms. The predicted molar refractivity (Wildman–Crippen MR) is 122 cm³/mol. The summed E-state index contributed by atoms with van der Waals surface area (Å²) in [5.41, 5.74) is 3.32. The Labute approximate surface area is 184 Å². The highest BCUT2D eigenvalue weighted by Gasteiger charge is 2.26. The molecular formula is C25H30ClNO3. The van der Waals surface area contributed by atoms with Crippen LogP contribution in [0.4, 0.5) is 0 Å². The summed E-state index contributed by atoms with van der Waals surface area (Å²) in [4.78, 5) is 14.3. The fourth-order valence-electron chi connectivity index (χ4n) is 3.81. The summed E-state index contributed by atoms with van der Waals surface area (Å²) in [5, 5.41) is 0.719. The molecule has 0 saturated carbocycles. The van der Waals surface area contributed by atoms with Crippen LogP contribution in [-0.2, 0) is 14.3 Å². The topological polar surface area (TPSA) is 38.8 Å². The van der Waals surface area contributed by atoms with E-state index < -0.39 is 0 Å². The van der Waals surface area contributed by atoms with Crippen LogP contribution in [0.15, 0.2) is 60.7 Å². The van der Waals surface area contributed by atoms with Gasteiger partial charge in [-0.15, -0.1) is 0 Å². The van der Waals surface area contributed by atoms with Crippen molar-refractivity contribution in [3.63, 3.8) is 0 Å². The zero-order chi connectivity index (χ0) is 21.2. The van der Waals surface area contributed by atoms with Gasteiger partial charge in [0.25, 0.3) is 0 Å². The number of ether oxygens (including phenoxy) is 2. The Bertz CT molecular complexity index is 837. The normalized spacial score (nSPS) is 17.7. The van der Waals surface area contributed by atoms with E-state index in [0.29, 0.717) is 19.8 Å². The highest BCUT2D eigenvalue weighted by atomic mass is 35.5. The molecule has 2 aromatic rings. The maximum Gasteiger partial charge on any atom is 0.310 e. The molecule has 4 nitrogen and oxygen atoms in total. The lowest BCUT2D eigenvalue weighted by Gasteiger charge is -2.31. The number of carbonyl (C=O) groups is 1. The van der Waals surface area contributed by atoms with E-state index >= 15 is 0 Å². The van der Waals surface area contributed by atoms with Gasteiger partial charge >= 0.3 is 5.97 Å². The van der Waals surface area contributed by atoms with Crippen LogP contribution >= 0.6 is 11.6 Å². The van der Waals surface area contributed by atoms with Crippen LogP contribution in [0.3, 0.4) is 0 Å². The van der Waals surface area contributed by atoms with Crippen molar-refractivity contribution in [1.29, 1.82) is 0 Å². The van der Waals surface area contributed by atoms with Gasteiger partial charge in [0, 0.05) is 18.1 Å². The third kappa shape index (κ3) is 6.69. The van der Waals surface area contributed by atoms with E-state index in [1.54, 1.807) is 0 Å². The van der Waals surface area contributed by atoms with Gasteiger partial charge in [-0.2, -0.15) is 0 Å². The van der Waals surface area contributed by atoms with Gasteiger partial charge in [-0.25, -0.2) is 0 Å². The van der Waals surface area contributed by atoms with Crippen molar-refractivity contribution in [3.8, 4) is 0 Å². The summed E-state index contributed by atoms with van der Waals surface area (Å²) >= 11 is 6.20. The number of benzene rings is 2. The third-order valence-corrected chi connectivity index (χ3v) is 5.54. The summed E-state index contributed by atoms with van der Waals surface area (Å²) < 4.78 is 11.1. The minimum atomic E-state index is -0.0694. The minimum absolute atomic E-state index is 0.00823. The highest BCUT2D eigenvalue weighted by Crippen LogP contribution is 2.25. The zero-order valence-corrected chi connectivity index (χ0v) is 18.3. The van der Waals surface area contributed by atoms with E-state index in [2.05, 4.69) is 29.2 Å². The van der Waals surface area contributed by atoms with E-state index in [1.807, 2.05) is 43.3 Å². The maximum absolute atomic E-state index is 12.0. The highest BCUT2D eigenvalue weighted by molar-refractivity contribution is 6.30. The summed E-state index contributed by atoms with van der Waals surface area (Å²) in [6.07, 6.45) is 4.05. The first kappa shape index (κ1) is 22.5. The molecule has 2 aromatic carbocycles. The van der Waals surface area contributed by atoms with Crippen molar-refractivity contribution < 1.29 is 14.3 Å². The standard InChI is InChI=1S/C25H30ClNO3/c1-2-30-25(28)22-11-7-14-27(19-22)15-17-29-16-13-24(20-8-4-3-5-9-20)21-10-6-12-23(26)18-21/h3-6,8-10,12-13,18,22H,2,7,11,14-17,19H2,1H3. The van der Waals surface area contributed by atoms with E-state index in [9.17, 15) is 4.79 Å². The summed E-state index contributed by atoms with van der Waals surface area (Å²) in [6, 6.07) is 18.1. The average Bonchev–Trinajstić information content (AvgIpc) is 2.77. The molecule has 0 radical (unpaired) electrons. The molecule has 3 rings (SSSR count). The Morgan fingerprint density at radius 1 is 1.17 bits per heavy atom. The quantitative estimate of drug-likeness (QED) is 0.414. The molecule has 0 aliphatic carbocycles. The molecule has 0 amide bonds. The molecule has 5 heteroatoms. The maximum atomic E-state index is 12.0. The number of likely N-dealkylation sites (tertiary alicyclic amines) is 1. The first-order valence-electron chi connectivity index (χ1n) is 10.7. The third-order valence-electron chi connectivity index (χ3n) is 5.30. The van der Waals surface area contributed by atoms with Gasteiger partial charge in [0.2, 0.25) is 0 Å². The van der Waals surface area contributed by atoms with Crippen molar-refractivity contribution in [2.75, 3.05) is 39.5 Å². The molecular weight excluding hydrogens is 398 g/mol. The summed E-state index contributed by atoms with van der Waals surface area (Å²) in [6.45, 7) is 6.04. The monoisotopic (exact) mass is 427 g/mol. The van der Waals surface area contributed by atoms with Gasteiger partial charge in [-0.05, 0) is 55.1 Å². The molecule has 0 aromatic heterocycles.